The first-order valence-electron chi connectivity index (χ1n) is 8.43. The predicted octanol–water partition coefficient (Wildman–Crippen LogP) is 2.65. The zero-order valence-corrected chi connectivity index (χ0v) is 15.8. The first-order chi connectivity index (χ1) is 11.7. The lowest BCUT2D eigenvalue weighted by Gasteiger charge is -2.23. The van der Waals surface area contributed by atoms with Gasteiger partial charge in [0.05, 0.1) is 17.3 Å². The molecule has 0 radical (unpaired) electrons. The zero-order chi connectivity index (χ0) is 18.1. The second kappa shape index (κ2) is 7.05. The Kier molecular flexibility index (Phi) is 5.18. The lowest BCUT2D eigenvalue weighted by atomic mass is 10.0. The van der Waals surface area contributed by atoms with Crippen molar-refractivity contribution in [3.05, 3.63) is 48.0 Å². The van der Waals surface area contributed by atoms with Crippen molar-refractivity contribution in [2.45, 2.75) is 25.8 Å². The first kappa shape index (κ1) is 18.4. The minimum Gasteiger partial charge on any atom is -0.229 e. The van der Waals surface area contributed by atoms with Crippen LogP contribution in [0.1, 0.15) is 31.4 Å². The maximum Gasteiger partial charge on any atom is 0.212 e. The summed E-state index contributed by atoms with van der Waals surface area (Å²) in [4.78, 5) is 0. The van der Waals surface area contributed by atoms with E-state index in [0.717, 1.165) is 16.3 Å². The Bertz CT molecular complexity index is 953. The van der Waals surface area contributed by atoms with Crippen LogP contribution in [0.15, 0.2) is 42.5 Å². The summed E-state index contributed by atoms with van der Waals surface area (Å²) in [7, 11) is -6.44. The monoisotopic (exact) mass is 381 g/mol. The van der Waals surface area contributed by atoms with Gasteiger partial charge in [0, 0.05) is 6.04 Å². The minimum absolute atomic E-state index is 0.0135. The van der Waals surface area contributed by atoms with Gasteiger partial charge in [0.2, 0.25) is 10.0 Å². The maximum absolute atomic E-state index is 12.4. The molecule has 1 atom stereocenters. The van der Waals surface area contributed by atoms with Gasteiger partial charge < -0.3 is 0 Å². The molecule has 0 unspecified atom stereocenters. The molecule has 136 valence electrons. The number of benzene rings is 2. The Hall–Kier alpha value is -1.44. The molecule has 0 bridgehead atoms. The number of nitrogens with one attached hydrogen (secondary N) is 1. The van der Waals surface area contributed by atoms with Crippen molar-refractivity contribution in [1.29, 1.82) is 0 Å². The number of rotatable bonds is 5. The molecule has 0 amide bonds. The van der Waals surface area contributed by atoms with Crippen molar-refractivity contribution in [3.8, 4) is 0 Å². The quantitative estimate of drug-likeness (QED) is 0.863. The van der Waals surface area contributed by atoms with Crippen molar-refractivity contribution < 1.29 is 16.8 Å². The summed E-state index contributed by atoms with van der Waals surface area (Å²) in [6.07, 6.45) is 0.848. The average molecular weight is 382 g/mol. The maximum atomic E-state index is 12.4. The molecule has 2 aromatic rings. The molecule has 3 rings (SSSR count). The number of hydrogen-bond acceptors (Lipinski definition) is 4. The van der Waals surface area contributed by atoms with Crippen LogP contribution in [-0.2, 0) is 19.9 Å². The van der Waals surface area contributed by atoms with Crippen LogP contribution in [-0.4, -0.2) is 34.1 Å². The van der Waals surface area contributed by atoms with Crippen molar-refractivity contribution in [2.24, 2.45) is 5.92 Å². The molecule has 1 aliphatic rings. The number of sulfonamides is 1. The van der Waals surface area contributed by atoms with Gasteiger partial charge in [-0.3, -0.25) is 0 Å². The van der Waals surface area contributed by atoms with E-state index >= 15 is 0 Å². The minimum atomic E-state index is -3.46. The molecule has 25 heavy (non-hydrogen) atoms. The summed E-state index contributed by atoms with van der Waals surface area (Å²) >= 11 is 0. The van der Waals surface area contributed by atoms with Gasteiger partial charge in [0.1, 0.15) is 9.84 Å². The van der Waals surface area contributed by atoms with Gasteiger partial charge in [-0.15, -0.1) is 0 Å². The fourth-order valence-electron chi connectivity index (χ4n) is 3.28. The van der Waals surface area contributed by atoms with Gasteiger partial charge in [-0.1, -0.05) is 36.4 Å². The lowest BCUT2D eigenvalue weighted by molar-refractivity contribution is 0.486. The van der Waals surface area contributed by atoms with E-state index in [4.69, 9.17) is 0 Å². The van der Waals surface area contributed by atoms with E-state index in [0.29, 0.717) is 12.8 Å². The second-order valence-electron chi connectivity index (χ2n) is 6.82. The van der Waals surface area contributed by atoms with Crippen LogP contribution in [0.4, 0.5) is 0 Å². The average Bonchev–Trinajstić information content (AvgIpc) is 2.56. The lowest BCUT2D eigenvalue weighted by Crippen LogP contribution is -2.35. The molecular weight excluding hydrogens is 358 g/mol. The molecule has 7 heteroatoms. The molecule has 0 saturated carbocycles. The van der Waals surface area contributed by atoms with Crippen LogP contribution in [0.25, 0.3) is 10.8 Å². The Morgan fingerprint density at radius 2 is 1.72 bits per heavy atom. The van der Waals surface area contributed by atoms with Gasteiger partial charge in [0.15, 0.2) is 0 Å². The molecule has 1 aliphatic heterocycles. The van der Waals surface area contributed by atoms with E-state index in [1.54, 1.807) is 0 Å². The third-order valence-corrected chi connectivity index (χ3v) is 8.10. The van der Waals surface area contributed by atoms with Crippen molar-refractivity contribution in [2.75, 3.05) is 17.3 Å². The van der Waals surface area contributed by atoms with Crippen molar-refractivity contribution in [1.82, 2.24) is 4.72 Å². The van der Waals surface area contributed by atoms with E-state index in [9.17, 15) is 16.8 Å². The van der Waals surface area contributed by atoms with Gasteiger partial charge in [-0.05, 0) is 48.1 Å². The van der Waals surface area contributed by atoms with E-state index in [2.05, 4.69) is 4.72 Å². The zero-order valence-electron chi connectivity index (χ0n) is 14.2. The highest BCUT2D eigenvalue weighted by molar-refractivity contribution is 7.91. The molecule has 1 heterocycles. The molecule has 1 fully saturated rings. The fraction of sp³-hybridized carbons (Fsp3) is 0.444. The second-order valence-corrected chi connectivity index (χ2v) is 10.9. The van der Waals surface area contributed by atoms with Crippen LogP contribution in [0.2, 0.25) is 0 Å². The van der Waals surface area contributed by atoms with E-state index in [1.165, 1.54) is 0 Å². The SMILES string of the molecule is C[C@H](NS(=O)(=O)CC1CCS(=O)(=O)CC1)c1ccc2ccccc2c1. The molecular formula is C18H23NO4S2. The van der Waals surface area contributed by atoms with Gasteiger partial charge in [0.25, 0.3) is 0 Å². The highest BCUT2D eigenvalue weighted by atomic mass is 32.2. The number of fused-ring (bicyclic) bond motifs is 1. The largest absolute Gasteiger partial charge is 0.229 e. The van der Waals surface area contributed by atoms with Gasteiger partial charge in [-0.2, -0.15) is 0 Å². The third kappa shape index (κ3) is 4.80. The van der Waals surface area contributed by atoms with E-state index in [1.807, 2.05) is 49.4 Å². The summed E-state index contributed by atoms with van der Waals surface area (Å²) in [5.41, 5.74) is 0.911. The van der Waals surface area contributed by atoms with Crippen LogP contribution < -0.4 is 4.72 Å². The Labute approximate surface area is 149 Å². The topological polar surface area (TPSA) is 80.3 Å². The third-order valence-electron chi connectivity index (χ3n) is 4.76. The van der Waals surface area contributed by atoms with E-state index < -0.39 is 19.9 Å². The van der Waals surface area contributed by atoms with Gasteiger partial charge >= 0.3 is 0 Å². The van der Waals surface area contributed by atoms with Crippen LogP contribution in [0, 0.1) is 5.92 Å². The molecule has 2 aromatic carbocycles. The van der Waals surface area contributed by atoms with E-state index in [-0.39, 0.29) is 29.2 Å². The fourth-order valence-corrected chi connectivity index (χ4v) is 6.59. The van der Waals surface area contributed by atoms with Gasteiger partial charge in [-0.25, -0.2) is 21.6 Å². The molecule has 0 spiro atoms. The highest BCUT2D eigenvalue weighted by Crippen LogP contribution is 2.23. The van der Waals surface area contributed by atoms with Crippen LogP contribution in [0.5, 0.6) is 0 Å². The van der Waals surface area contributed by atoms with Crippen LogP contribution in [0.3, 0.4) is 0 Å². The summed E-state index contributed by atoms with van der Waals surface area (Å²) in [5.74, 6) is 0.0752. The normalized spacial score (nSPS) is 19.7. The summed E-state index contributed by atoms with van der Waals surface area (Å²) < 4.78 is 50.6. The Balaban J connectivity index is 1.67. The number of hydrogen-bond donors (Lipinski definition) is 1. The summed E-state index contributed by atoms with van der Waals surface area (Å²) in [6, 6.07) is 13.5. The molecule has 0 aromatic heterocycles. The van der Waals surface area contributed by atoms with Crippen molar-refractivity contribution >= 4 is 30.6 Å². The smallest absolute Gasteiger partial charge is 0.212 e. The molecule has 5 nitrogen and oxygen atoms in total. The first-order valence-corrected chi connectivity index (χ1v) is 11.9. The standard InChI is InChI=1S/C18H23NO4S2/c1-14(17-7-6-16-4-2-3-5-18(16)12-17)19-25(22,23)13-15-8-10-24(20,21)11-9-15/h2-7,12,14-15,19H,8-11,13H2,1H3/t14-/m0/s1. The van der Waals surface area contributed by atoms with Crippen LogP contribution >= 0.6 is 0 Å². The molecule has 0 aliphatic carbocycles. The Morgan fingerprint density at radius 3 is 2.40 bits per heavy atom. The van der Waals surface area contributed by atoms with Crippen molar-refractivity contribution in [3.63, 3.8) is 0 Å². The molecule has 1 N–H and O–H groups in total. The number of sulfone groups is 1. The Morgan fingerprint density at radius 1 is 1.08 bits per heavy atom. The molecule has 1 saturated heterocycles. The highest BCUT2D eigenvalue weighted by Gasteiger charge is 2.28. The summed E-state index contributed by atoms with van der Waals surface area (Å²) in [5, 5.41) is 2.19. The predicted molar refractivity (Wildman–Crippen MR) is 101 cm³/mol. The summed E-state index contributed by atoms with van der Waals surface area (Å²) in [6.45, 7) is 1.83.